The SMILES string of the molecule is CC(C)=O.CCOC(=O)/C=C/CCc1ccc2c(c1)CCC2.CCOC(=O)C=P(c1ccccc1)(c1ccccc1)c1ccccc1.O=C1CC(=O)CC(CCc2ccc3c(c2)CCC3)C1.O=CCCc1ccc2c(c1)CCC2. The summed E-state index contributed by atoms with van der Waals surface area (Å²) in [5.74, 6) is 2.00. The molecule has 0 N–H and O–H groups in total. The Hall–Kier alpha value is -7.02. The zero-order valence-corrected chi connectivity index (χ0v) is 48.0. The molecule has 6 aromatic rings. The molecule has 1 fully saturated rings. The van der Waals surface area contributed by atoms with Gasteiger partial charge in [0.15, 0.2) is 0 Å². The summed E-state index contributed by atoms with van der Waals surface area (Å²) < 4.78 is 10.1. The standard InChI is InChI=1S/C22H21O2P.C17H20O2.C16H20O2.C12H14O.C3H6O/c1-2-24-22(23)18-25(19-12-6-3-7-13-19,20-14-8-4-9-15-20)21-16-10-5-11-17-21;18-16-9-13(10-17(19)11-16)5-4-12-6-7-14-2-1-3-15(14)8-12;1-2-18-16(17)9-4-3-6-13-10-11-14-7-5-8-15(14)12-13;13-8-2-3-10-6-7-11-4-1-5-12(11)9-10;1-3(2)4/h3-18H,2H2,1H3;6-8,13H,1-5,9-11H2;4,9-12H,2-3,5-8H2,1H3;6-9H,1-5H2;1-2H3/b;;9-4+;;. The molecule has 0 unspecified atom stereocenters. The summed E-state index contributed by atoms with van der Waals surface area (Å²) in [6.45, 7) is 5.27. The number of rotatable bonds is 16. The van der Waals surface area contributed by atoms with Gasteiger partial charge in [-0.3, -0.25) is 9.59 Å². The monoisotopic (exact) mass is 1080 g/mol. The van der Waals surface area contributed by atoms with E-state index in [1.165, 1.54) is 128 Å². The maximum Gasteiger partial charge on any atom is 0.331 e. The number of esters is 2. The van der Waals surface area contributed by atoms with Gasteiger partial charge >= 0.3 is 11.9 Å². The van der Waals surface area contributed by atoms with Gasteiger partial charge in [-0.25, -0.2) is 9.59 Å². The highest BCUT2D eigenvalue weighted by Crippen LogP contribution is 2.43. The van der Waals surface area contributed by atoms with Gasteiger partial charge in [-0.1, -0.05) is 152 Å². The van der Waals surface area contributed by atoms with Crippen LogP contribution in [0.1, 0.15) is 136 Å². The molecule has 0 radical (unpaired) electrons. The van der Waals surface area contributed by atoms with Crippen LogP contribution in [0.5, 0.6) is 0 Å². The van der Waals surface area contributed by atoms with Crippen LogP contribution >= 0.6 is 6.89 Å². The van der Waals surface area contributed by atoms with E-state index >= 15 is 0 Å². The Bertz CT molecular complexity index is 2910. The molecular weight excluding hydrogens is 1000 g/mol. The maximum atomic E-state index is 12.5. The van der Waals surface area contributed by atoms with E-state index in [4.69, 9.17) is 9.47 Å². The van der Waals surface area contributed by atoms with Crippen molar-refractivity contribution in [2.24, 2.45) is 5.92 Å². The second-order valence-electron chi connectivity index (χ2n) is 20.9. The van der Waals surface area contributed by atoms with E-state index < -0.39 is 6.89 Å². The number of benzene rings is 6. The molecule has 0 heterocycles. The first kappa shape index (κ1) is 61.2. The van der Waals surface area contributed by atoms with Crippen LogP contribution in [0, 0.1) is 5.92 Å². The predicted molar refractivity (Wildman–Crippen MR) is 324 cm³/mol. The molecule has 0 aromatic heterocycles. The number of allylic oxidation sites excluding steroid dienone is 1. The van der Waals surface area contributed by atoms with Gasteiger partial charge in [0.05, 0.1) is 19.6 Å². The van der Waals surface area contributed by atoms with Crippen LogP contribution in [0.4, 0.5) is 0 Å². The minimum Gasteiger partial charge on any atom is -0.463 e. The third-order valence-corrected chi connectivity index (χ3v) is 18.5. The van der Waals surface area contributed by atoms with Gasteiger partial charge in [-0.05, 0) is 196 Å². The van der Waals surface area contributed by atoms with Crippen molar-refractivity contribution in [3.8, 4) is 0 Å². The molecule has 10 rings (SSSR count). The Morgan fingerprint density at radius 1 is 0.506 bits per heavy atom. The Balaban J connectivity index is 0.000000170. The molecule has 0 spiro atoms. The lowest BCUT2D eigenvalue weighted by Gasteiger charge is -2.28. The fourth-order valence-corrected chi connectivity index (χ4v) is 14.5. The average Bonchev–Trinajstić information content (AvgIpc) is 4.38. The number of hydrogen-bond donors (Lipinski definition) is 0. The highest BCUT2D eigenvalue weighted by atomic mass is 31.2. The van der Waals surface area contributed by atoms with Crippen LogP contribution in [0.3, 0.4) is 0 Å². The van der Waals surface area contributed by atoms with Crippen LogP contribution in [0.25, 0.3) is 0 Å². The molecule has 9 heteroatoms. The predicted octanol–water partition coefficient (Wildman–Crippen LogP) is 12.5. The number of ketones is 3. The van der Waals surface area contributed by atoms with Crippen molar-refractivity contribution in [1.29, 1.82) is 0 Å². The Morgan fingerprint density at radius 2 is 0.886 bits per heavy atom. The van der Waals surface area contributed by atoms with Crippen molar-refractivity contribution in [3.05, 3.63) is 208 Å². The summed E-state index contributed by atoms with van der Waals surface area (Å²) in [4.78, 5) is 66.1. The first-order valence-electron chi connectivity index (χ1n) is 28.6. The number of Topliss-reactive ketones (excluding diaryl/α,β-unsaturated/α-hetero) is 3. The van der Waals surface area contributed by atoms with E-state index in [9.17, 15) is 28.8 Å². The van der Waals surface area contributed by atoms with Gasteiger partial charge in [-0.15, -0.1) is 0 Å². The van der Waals surface area contributed by atoms with E-state index in [0.29, 0.717) is 32.5 Å². The quantitative estimate of drug-likeness (QED) is 0.0309. The van der Waals surface area contributed by atoms with Gasteiger partial charge < -0.3 is 19.1 Å². The molecule has 0 bridgehead atoms. The van der Waals surface area contributed by atoms with E-state index in [-0.39, 0.29) is 41.6 Å². The zero-order valence-electron chi connectivity index (χ0n) is 47.1. The normalized spacial score (nSPS) is 14.0. The number of carbonyl (C=O) groups excluding carboxylic acids is 6. The first-order chi connectivity index (χ1) is 38.4. The van der Waals surface area contributed by atoms with Gasteiger partial charge in [0, 0.05) is 31.1 Å². The minimum atomic E-state index is -2.24. The van der Waals surface area contributed by atoms with Crippen molar-refractivity contribution in [3.63, 3.8) is 0 Å². The average molecular weight is 1080 g/mol. The molecule has 1 saturated carbocycles. The van der Waals surface area contributed by atoms with Gasteiger partial charge in [0.2, 0.25) is 0 Å². The summed E-state index contributed by atoms with van der Waals surface area (Å²) in [5.41, 5.74) is 13.1. The van der Waals surface area contributed by atoms with Gasteiger partial charge in [-0.2, -0.15) is 0 Å². The van der Waals surface area contributed by atoms with Crippen LogP contribution in [0.15, 0.2) is 158 Å². The van der Waals surface area contributed by atoms with Crippen LogP contribution in [-0.4, -0.2) is 54.6 Å². The third kappa shape index (κ3) is 19.7. The summed E-state index contributed by atoms with van der Waals surface area (Å²) >= 11 is 0. The van der Waals surface area contributed by atoms with Crippen LogP contribution < -0.4 is 15.9 Å². The minimum absolute atomic E-state index is 0.134. The Kier molecular flexibility index (Phi) is 25.4. The third-order valence-electron chi connectivity index (χ3n) is 14.5. The van der Waals surface area contributed by atoms with Crippen molar-refractivity contribution >= 4 is 64.2 Å². The van der Waals surface area contributed by atoms with Crippen LogP contribution in [0.2, 0.25) is 0 Å². The van der Waals surface area contributed by atoms with Crippen molar-refractivity contribution in [2.75, 3.05) is 13.2 Å². The summed E-state index contributed by atoms with van der Waals surface area (Å²) in [5, 5.41) is 3.42. The molecule has 4 aliphatic rings. The van der Waals surface area contributed by atoms with Gasteiger partial charge in [0.1, 0.15) is 23.6 Å². The highest BCUT2D eigenvalue weighted by molar-refractivity contribution is 7.95. The number of aldehydes is 1. The molecule has 79 heavy (non-hydrogen) atoms. The van der Waals surface area contributed by atoms with Crippen molar-refractivity contribution < 1.29 is 38.2 Å². The Morgan fingerprint density at radius 3 is 1.29 bits per heavy atom. The van der Waals surface area contributed by atoms with Crippen LogP contribution in [-0.2, 0) is 96.0 Å². The number of hydrogen-bond acceptors (Lipinski definition) is 8. The lowest BCUT2D eigenvalue weighted by molar-refractivity contribution is -0.137. The maximum absolute atomic E-state index is 12.5. The van der Waals surface area contributed by atoms with E-state index in [0.717, 1.165) is 54.3 Å². The number of aryl methyl sites for hydroxylation is 9. The molecule has 0 aliphatic heterocycles. The van der Waals surface area contributed by atoms with Gasteiger partial charge in [0.25, 0.3) is 0 Å². The van der Waals surface area contributed by atoms with E-state index in [2.05, 4.69) is 91.0 Å². The summed E-state index contributed by atoms with van der Waals surface area (Å²) in [6, 6.07) is 51.0. The molecule has 414 valence electrons. The molecule has 0 amide bonds. The molecule has 4 aliphatic carbocycles. The number of fused-ring (bicyclic) bond motifs is 3. The van der Waals surface area contributed by atoms with Crippen molar-refractivity contribution in [1.82, 2.24) is 0 Å². The highest BCUT2D eigenvalue weighted by Gasteiger charge is 2.27. The second kappa shape index (κ2) is 32.8. The number of ether oxygens (including phenoxy) is 2. The second-order valence-corrected chi connectivity index (χ2v) is 24.1. The number of carbonyl (C=O) groups is 6. The molecule has 6 aromatic carbocycles. The van der Waals surface area contributed by atoms with Crippen molar-refractivity contribution in [2.45, 2.75) is 143 Å². The molecule has 0 atom stereocenters. The fraction of sp³-hybridized carbons (Fsp3) is 0.357. The lowest BCUT2D eigenvalue weighted by Crippen LogP contribution is -2.29. The zero-order chi connectivity index (χ0) is 56.2. The molecule has 0 saturated heterocycles. The largest absolute Gasteiger partial charge is 0.463 e. The van der Waals surface area contributed by atoms with E-state index in [1.54, 1.807) is 5.80 Å². The first-order valence-corrected chi connectivity index (χ1v) is 30.4. The Labute approximate surface area is 470 Å². The lowest BCUT2D eigenvalue weighted by atomic mass is 9.83. The smallest absolute Gasteiger partial charge is 0.331 e. The summed E-state index contributed by atoms with van der Waals surface area (Å²) in [6.07, 6.45) is 22.4. The molecular formula is C70H81O8P. The summed E-state index contributed by atoms with van der Waals surface area (Å²) in [7, 11) is 0. The van der Waals surface area contributed by atoms with E-state index in [1.807, 2.05) is 74.5 Å². The topological polar surface area (TPSA) is 121 Å². The fourth-order valence-electron chi connectivity index (χ4n) is 10.8. The molecule has 8 nitrogen and oxygen atoms in total.